The Morgan fingerprint density at radius 3 is 2.69 bits per heavy atom. The van der Waals surface area contributed by atoms with Crippen molar-refractivity contribution in [3.8, 4) is 0 Å². The van der Waals surface area contributed by atoms with Crippen LogP contribution in [0.2, 0.25) is 0 Å². The molecule has 0 fully saturated rings. The summed E-state index contributed by atoms with van der Waals surface area (Å²) in [4.78, 5) is 4.18. The highest BCUT2D eigenvalue weighted by Gasteiger charge is 2.16. The maximum atomic E-state index is 4.18. The van der Waals surface area contributed by atoms with Gasteiger partial charge in [-0.2, -0.15) is 0 Å². The van der Waals surface area contributed by atoms with E-state index in [0.717, 1.165) is 24.4 Å². The van der Waals surface area contributed by atoms with Gasteiger partial charge in [0.1, 0.15) is 10.8 Å². The van der Waals surface area contributed by atoms with E-state index < -0.39 is 0 Å². The summed E-state index contributed by atoms with van der Waals surface area (Å²) in [5.41, 5.74) is 2.21. The van der Waals surface area contributed by atoms with Gasteiger partial charge in [-0.15, -0.1) is 0 Å². The van der Waals surface area contributed by atoms with Gasteiger partial charge in [0.25, 0.3) is 0 Å². The second kappa shape index (κ2) is 8.26. The fourth-order valence-electron chi connectivity index (χ4n) is 1.85. The van der Waals surface area contributed by atoms with Crippen LogP contribution in [0.3, 0.4) is 0 Å². The van der Waals surface area contributed by atoms with E-state index in [0.29, 0.717) is 0 Å². The number of nitrogens with one attached hydrogen (secondary N) is 1. The number of likely N-dealkylation sites (N-methyl/N-ethyl adjacent to an activating group) is 1. The fraction of sp³-hybridized carbons (Fsp3) is 0.769. The maximum Gasteiger partial charge on any atom is 0.344 e. The Kier molecular flexibility index (Phi) is 6.78. The van der Waals surface area contributed by atoms with Gasteiger partial charge in [-0.3, -0.25) is 0 Å². The van der Waals surface area contributed by atoms with Crippen LogP contribution >= 0.6 is 0 Å². The highest BCUT2D eigenvalue weighted by atomic mass is 15.1. The SMILES string of the molecule is CCCCCCCCC1=[N+]=NC(CNC)=C1. The van der Waals surface area contributed by atoms with Crippen molar-refractivity contribution < 1.29 is 4.79 Å². The van der Waals surface area contributed by atoms with Crippen LogP contribution in [0.15, 0.2) is 16.9 Å². The molecule has 1 aliphatic heterocycles. The summed E-state index contributed by atoms with van der Waals surface area (Å²) in [6.45, 7) is 3.08. The molecular formula is C13H24N3+. The van der Waals surface area contributed by atoms with Crippen LogP contribution in [0, 0.1) is 0 Å². The molecule has 3 heteroatoms. The van der Waals surface area contributed by atoms with Crippen molar-refractivity contribution in [1.29, 1.82) is 0 Å². The Hall–Kier alpha value is -0.920. The number of hydrogen-bond donors (Lipinski definition) is 1. The van der Waals surface area contributed by atoms with Crippen molar-refractivity contribution >= 4 is 5.71 Å². The minimum atomic E-state index is 0.823. The van der Waals surface area contributed by atoms with E-state index in [2.05, 4.69) is 28.2 Å². The first kappa shape index (κ1) is 13.1. The molecule has 0 aromatic carbocycles. The Morgan fingerprint density at radius 1 is 1.19 bits per heavy atom. The van der Waals surface area contributed by atoms with Crippen LogP contribution in [0.5, 0.6) is 0 Å². The van der Waals surface area contributed by atoms with Crippen LogP contribution in [0.1, 0.15) is 51.9 Å². The highest BCUT2D eigenvalue weighted by Crippen LogP contribution is 2.09. The number of unbranched alkanes of at least 4 members (excludes halogenated alkanes) is 5. The molecule has 16 heavy (non-hydrogen) atoms. The topological polar surface area (TPSA) is 38.5 Å². The predicted molar refractivity (Wildman–Crippen MR) is 67.7 cm³/mol. The molecule has 0 spiro atoms. The fourth-order valence-corrected chi connectivity index (χ4v) is 1.85. The lowest BCUT2D eigenvalue weighted by Crippen LogP contribution is -2.08. The summed E-state index contributed by atoms with van der Waals surface area (Å²) in [6, 6.07) is 0. The molecule has 0 saturated carbocycles. The quantitative estimate of drug-likeness (QED) is 0.473. The van der Waals surface area contributed by atoms with Crippen molar-refractivity contribution in [2.75, 3.05) is 13.6 Å². The molecule has 0 radical (unpaired) electrons. The third kappa shape index (κ3) is 5.24. The van der Waals surface area contributed by atoms with Gasteiger partial charge in [0, 0.05) is 6.54 Å². The van der Waals surface area contributed by atoms with Crippen LogP contribution in [-0.4, -0.2) is 24.1 Å². The molecule has 0 aromatic rings. The molecule has 0 aliphatic carbocycles. The van der Waals surface area contributed by atoms with E-state index >= 15 is 0 Å². The average Bonchev–Trinajstić information content (AvgIpc) is 2.72. The van der Waals surface area contributed by atoms with E-state index in [4.69, 9.17) is 0 Å². The van der Waals surface area contributed by atoms with Gasteiger partial charge in [-0.25, -0.2) is 0 Å². The molecule has 90 valence electrons. The zero-order valence-corrected chi connectivity index (χ0v) is 10.6. The van der Waals surface area contributed by atoms with Crippen LogP contribution < -0.4 is 5.32 Å². The van der Waals surface area contributed by atoms with Gasteiger partial charge >= 0.3 is 5.71 Å². The molecule has 0 saturated heterocycles. The Labute approximate surface area is 98.8 Å². The molecule has 1 aliphatic rings. The van der Waals surface area contributed by atoms with Crippen molar-refractivity contribution in [2.24, 2.45) is 5.11 Å². The molecule has 0 atom stereocenters. The molecule has 0 bridgehead atoms. The normalized spacial score (nSPS) is 14.1. The first-order valence-corrected chi connectivity index (χ1v) is 6.49. The Balaban J connectivity index is 2.05. The van der Waals surface area contributed by atoms with Gasteiger partial charge < -0.3 is 5.32 Å². The zero-order chi connectivity index (χ0) is 11.6. The lowest BCUT2D eigenvalue weighted by molar-refractivity contribution is -0.0781. The summed E-state index contributed by atoms with van der Waals surface area (Å²) >= 11 is 0. The number of hydrogen-bond acceptors (Lipinski definition) is 2. The van der Waals surface area contributed by atoms with Gasteiger partial charge in [0.15, 0.2) is 0 Å². The zero-order valence-electron chi connectivity index (χ0n) is 10.6. The maximum absolute atomic E-state index is 4.18. The molecular weight excluding hydrogens is 198 g/mol. The highest BCUT2D eigenvalue weighted by molar-refractivity contribution is 5.91. The van der Waals surface area contributed by atoms with Crippen LogP contribution in [-0.2, 0) is 0 Å². The van der Waals surface area contributed by atoms with E-state index in [1.807, 2.05) is 7.05 Å². The van der Waals surface area contributed by atoms with Crippen LogP contribution in [0.25, 0.3) is 0 Å². The van der Waals surface area contributed by atoms with Crippen molar-refractivity contribution in [3.63, 3.8) is 0 Å². The monoisotopic (exact) mass is 222 g/mol. The summed E-state index contributed by atoms with van der Waals surface area (Å²) < 4.78 is 0. The minimum absolute atomic E-state index is 0.823. The standard InChI is InChI=1S/C13H24N3/c1-3-4-5-6-7-8-9-12-10-13(11-14-2)16-15-12/h10,14H,3-9,11H2,1-2H3/q+1. The third-order valence-corrected chi connectivity index (χ3v) is 2.78. The number of rotatable bonds is 9. The summed E-state index contributed by atoms with van der Waals surface area (Å²) in [6.07, 6.45) is 11.2. The Bertz CT molecular complexity index is 286. The number of allylic oxidation sites excluding steroid dienone is 1. The van der Waals surface area contributed by atoms with Gasteiger partial charge in [-0.1, -0.05) is 39.0 Å². The van der Waals surface area contributed by atoms with Gasteiger partial charge in [-0.05, 0) is 13.5 Å². The van der Waals surface area contributed by atoms with Gasteiger partial charge in [0.2, 0.25) is 0 Å². The smallest absolute Gasteiger partial charge is 0.314 e. The second-order valence-electron chi connectivity index (χ2n) is 4.38. The average molecular weight is 222 g/mol. The van der Waals surface area contributed by atoms with Crippen LogP contribution in [0.4, 0.5) is 0 Å². The molecule has 0 aromatic heterocycles. The first-order chi connectivity index (χ1) is 7.86. The van der Waals surface area contributed by atoms with E-state index in [-0.39, 0.29) is 0 Å². The first-order valence-electron chi connectivity index (χ1n) is 6.49. The third-order valence-electron chi connectivity index (χ3n) is 2.78. The lowest BCUT2D eigenvalue weighted by Gasteiger charge is -1.96. The predicted octanol–water partition coefficient (Wildman–Crippen LogP) is 2.96. The summed E-state index contributed by atoms with van der Waals surface area (Å²) in [5, 5.41) is 7.21. The Morgan fingerprint density at radius 2 is 1.94 bits per heavy atom. The molecule has 3 nitrogen and oxygen atoms in total. The van der Waals surface area contributed by atoms with Crippen molar-refractivity contribution in [2.45, 2.75) is 51.9 Å². The molecule has 0 amide bonds. The van der Waals surface area contributed by atoms with E-state index in [1.54, 1.807) is 0 Å². The summed E-state index contributed by atoms with van der Waals surface area (Å²) in [5.74, 6) is 0. The summed E-state index contributed by atoms with van der Waals surface area (Å²) in [7, 11) is 1.93. The number of nitrogens with zero attached hydrogens (tertiary/aromatic N) is 2. The van der Waals surface area contributed by atoms with Crippen molar-refractivity contribution in [1.82, 2.24) is 5.32 Å². The molecule has 1 N–H and O–H groups in total. The molecule has 0 unspecified atom stereocenters. The minimum Gasteiger partial charge on any atom is -0.314 e. The largest absolute Gasteiger partial charge is 0.344 e. The van der Waals surface area contributed by atoms with E-state index in [9.17, 15) is 0 Å². The lowest BCUT2D eigenvalue weighted by atomic mass is 10.1. The second-order valence-corrected chi connectivity index (χ2v) is 4.38. The molecule has 1 rings (SSSR count). The van der Waals surface area contributed by atoms with E-state index in [1.165, 1.54) is 38.5 Å². The molecule has 1 heterocycles. The van der Waals surface area contributed by atoms with Gasteiger partial charge in [0.05, 0.1) is 17.3 Å². The van der Waals surface area contributed by atoms with Crippen molar-refractivity contribution in [3.05, 3.63) is 11.8 Å².